The molecule has 3 N–H and O–H groups in total. The van der Waals surface area contributed by atoms with Crippen molar-refractivity contribution in [3.05, 3.63) is 46.6 Å². The normalized spacial score (nSPS) is 23.5. The number of esters is 3. The van der Waals surface area contributed by atoms with Crippen molar-refractivity contribution in [1.29, 1.82) is 0 Å². The van der Waals surface area contributed by atoms with E-state index in [1.165, 1.54) is 30.2 Å². The van der Waals surface area contributed by atoms with Gasteiger partial charge in [0.25, 0.3) is 0 Å². The average molecular weight is 1490 g/mol. The van der Waals surface area contributed by atoms with Gasteiger partial charge >= 0.3 is 17.9 Å². The minimum Gasteiger partial charge on any atom is -0.462 e. The summed E-state index contributed by atoms with van der Waals surface area (Å²) in [4.78, 5) is 39.1. The van der Waals surface area contributed by atoms with Crippen LogP contribution in [0.1, 0.15) is 467 Å². The molecule has 0 bridgehead atoms. The van der Waals surface area contributed by atoms with Crippen molar-refractivity contribution < 1.29 is 43.9 Å². The molecule has 4 saturated carbocycles. The number of rotatable bonds is 8. The molecule has 5 rings (SSSR count). The van der Waals surface area contributed by atoms with Crippen molar-refractivity contribution in [1.82, 2.24) is 0 Å². The van der Waals surface area contributed by atoms with Crippen molar-refractivity contribution in [3.63, 3.8) is 0 Å². The first-order valence-corrected chi connectivity index (χ1v) is 44.5. The second-order valence-corrected chi connectivity index (χ2v) is 20.8. The molecular formula is C94H214O9. The summed E-state index contributed by atoms with van der Waals surface area (Å²) in [5, 5.41) is 36.4. The predicted molar refractivity (Wildman–Crippen MR) is 485 cm³/mol. The Morgan fingerprint density at radius 1 is 0.408 bits per heavy atom. The average Bonchev–Trinajstić information content (AvgIpc) is 0.671. The SMILES string of the molecule is CC.CC.CC.CC.CC.CC.CC.CC.CC.CC.CC.CC.CC.CC.CC.CC.CC.CC.CC.CC.CC.CC.CC.CC(C)=CC(=O)OC[C@@]12C(CC(C)(C)[C@@H](O)[C@@H]1OC(=O)C=C(C)C)C1=CCC3[C@@]4(C)CC[C@H](O)[C@](C)(COC(=O)C=C(C)C)C4CC[C@@]3(C)[C@]1(C)C[C@H]2O.CCC. The van der Waals surface area contributed by atoms with E-state index in [4.69, 9.17) is 14.2 Å². The van der Waals surface area contributed by atoms with Gasteiger partial charge in [0.2, 0.25) is 0 Å². The van der Waals surface area contributed by atoms with Gasteiger partial charge in [-0.2, -0.15) is 0 Å². The smallest absolute Gasteiger partial charge is 0.331 e. The van der Waals surface area contributed by atoms with Gasteiger partial charge in [0.1, 0.15) is 12.7 Å². The third kappa shape index (κ3) is 56.2. The molecular weight excluding hydrogens is 1270 g/mol. The van der Waals surface area contributed by atoms with E-state index in [0.717, 1.165) is 42.4 Å². The van der Waals surface area contributed by atoms with Crippen molar-refractivity contribution in [2.24, 2.45) is 50.2 Å². The molecule has 3 unspecified atom stereocenters. The Labute approximate surface area is 659 Å². The first kappa shape index (κ1) is 153. The van der Waals surface area contributed by atoms with Crippen molar-refractivity contribution in [3.8, 4) is 0 Å². The highest BCUT2D eigenvalue weighted by atomic mass is 16.6. The molecule has 103 heavy (non-hydrogen) atoms. The monoisotopic (exact) mass is 1490 g/mol. The summed E-state index contributed by atoms with van der Waals surface area (Å²) in [5.74, 6) is -1.56. The van der Waals surface area contributed by atoms with Crippen LogP contribution in [0.4, 0.5) is 0 Å². The lowest BCUT2D eigenvalue weighted by Gasteiger charge is -2.72. The van der Waals surface area contributed by atoms with Crippen LogP contribution < -0.4 is 0 Å². The number of hydrogen-bond donors (Lipinski definition) is 3. The molecule has 4 fully saturated rings. The topological polar surface area (TPSA) is 140 Å². The van der Waals surface area contributed by atoms with E-state index in [1.54, 1.807) is 13.8 Å². The summed E-state index contributed by atoms with van der Waals surface area (Å²) in [5.41, 5.74) is 0.0530. The van der Waals surface area contributed by atoms with Gasteiger partial charge in [-0.15, -0.1) is 0 Å². The lowest BCUT2D eigenvalue weighted by molar-refractivity contribution is -0.264. The molecule has 0 saturated heterocycles. The Morgan fingerprint density at radius 3 is 1.00 bits per heavy atom. The molecule has 0 aromatic carbocycles. The van der Waals surface area contributed by atoms with E-state index >= 15 is 0 Å². The highest BCUT2D eigenvalue weighted by Crippen LogP contribution is 2.76. The van der Waals surface area contributed by atoms with Gasteiger partial charge in [-0.3, -0.25) is 0 Å². The Morgan fingerprint density at radius 2 is 0.699 bits per heavy atom. The third-order valence-electron chi connectivity index (χ3n) is 15.3. The predicted octanol–water partition coefficient (Wildman–Crippen LogP) is 32.6. The number of ether oxygens (including phenoxy) is 3. The summed E-state index contributed by atoms with van der Waals surface area (Å²) in [6.45, 7) is 120. The van der Waals surface area contributed by atoms with E-state index in [1.807, 2.05) is 360 Å². The van der Waals surface area contributed by atoms with Crippen LogP contribution >= 0.6 is 0 Å². The van der Waals surface area contributed by atoms with Crippen LogP contribution in [-0.4, -0.2) is 70.9 Å². The molecule has 0 aliphatic heterocycles. The number of carbonyl (C=O) groups is 3. The lowest BCUT2D eigenvalue weighted by Crippen LogP contribution is -2.72. The number of carbonyl (C=O) groups excluding carboxylic acids is 3. The molecule has 9 heteroatoms. The molecule has 9 nitrogen and oxygen atoms in total. The summed E-state index contributed by atoms with van der Waals surface area (Å²) < 4.78 is 18.0. The Balaban J connectivity index is -0.0000000660. The van der Waals surface area contributed by atoms with Gasteiger partial charge in [-0.25, -0.2) is 14.4 Å². The van der Waals surface area contributed by atoms with Crippen LogP contribution in [0.15, 0.2) is 46.6 Å². The summed E-state index contributed by atoms with van der Waals surface area (Å²) in [6.07, 6.45) is 8.76. The summed E-state index contributed by atoms with van der Waals surface area (Å²) in [6, 6.07) is 0. The number of hydrogen-bond acceptors (Lipinski definition) is 9. The lowest BCUT2D eigenvalue weighted by atomic mass is 9.33. The highest BCUT2D eigenvalue weighted by Gasteiger charge is 2.73. The van der Waals surface area contributed by atoms with Gasteiger partial charge in [-0.1, -0.05) is 409 Å². The van der Waals surface area contributed by atoms with Crippen molar-refractivity contribution in [2.45, 2.75) is 491 Å². The number of aliphatic hydroxyl groups is 3. The van der Waals surface area contributed by atoms with Crippen molar-refractivity contribution >= 4 is 17.9 Å². The zero-order valence-electron chi connectivity index (χ0n) is 83.7. The molecule has 0 amide bonds. The van der Waals surface area contributed by atoms with Gasteiger partial charge in [-0.05, 0) is 126 Å². The Hall–Kier alpha value is -2.75. The van der Waals surface area contributed by atoms with Gasteiger partial charge < -0.3 is 29.5 Å². The Kier molecular flexibility index (Phi) is 168. The molecule has 12 atom stereocenters. The second-order valence-electron chi connectivity index (χ2n) is 20.8. The molecule has 5 aliphatic carbocycles. The maximum atomic E-state index is 13.4. The fourth-order valence-corrected chi connectivity index (χ4v) is 12.4. The Bertz CT molecular complexity index is 1650. The van der Waals surface area contributed by atoms with Crippen LogP contribution in [0.25, 0.3) is 0 Å². The minimum absolute atomic E-state index is 0.106. The first-order valence-electron chi connectivity index (χ1n) is 44.5. The summed E-state index contributed by atoms with van der Waals surface area (Å²) >= 11 is 0. The third-order valence-corrected chi connectivity index (χ3v) is 15.3. The van der Waals surface area contributed by atoms with E-state index in [-0.39, 0.29) is 47.8 Å². The quantitative estimate of drug-likeness (QED) is 0.0938. The largest absolute Gasteiger partial charge is 0.462 e. The molecule has 0 aromatic heterocycles. The van der Waals surface area contributed by atoms with Crippen LogP contribution in [0.2, 0.25) is 0 Å². The molecule has 644 valence electrons. The van der Waals surface area contributed by atoms with E-state index in [2.05, 4.69) is 47.6 Å². The highest BCUT2D eigenvalue weighted by molar-refractivity contribution is 5.83. The molecule has 0 aromatic rings. The fraction of sp³-hybridized carbons (Fsp3) is 0.883. The number of fused-ring (bicyclic) bond motifs is 7. The van der Waals surface area contributed by atoms with E-state index in [0.29, 0.717) is 19.3 Å². The van der Waals surface area contributed by atoms with Gasteiger partial charge in [0.05, 0.1) is 30.3 Å². The zero-order valence-corrected chi connectivity index (χ0v) is 83.7. The molecule has 0 radical (unpaired) electrons. The number of aliphatic hydroxyl groups excluding tert-OH is 3. The van der Waals surface area contributed by atoms with Gasteiger partial charge in [0.15, 0.2) is 0 Å². The van der Waals surface area contributed by atoms with Crippen LogP contribution in [0.5, 0.6) is 0 Å². The standard InChI is InChI=1S/C45H68O9.C3H8.23C2H6/c1-26(2)19-35(48)52-24-42(10)31-15-18-43(11)32(41(31,9)17-16-33(42)46)14-13-29-30-22-40(7,8)38(51)39(54-37(50)21-28(5)6)45(30,34(47)23-44(29,43)12)25-53-36(49)20-27(3)4;1-3-2;23*1-2/h13,19-21,30-34,38-39,46-47,51H,14-18,22-25H2,1-12H3;3H2,1-2H3;23*1-2H3/t30?,31?,32?,33-,34+,38-,39-,41-,42+,43+,44+,45-;;;;;;;;;;;;;;;;;;;;;;;;/m0......................../s1. The second kappa shape index (κ2) is 113. The fourth-order valence-electron chi connectivity index (χ4n) is 12.4. The maximum Gasteiger partial charge on any atom is 0.331 e. The summed E-state index contributed by atoms with van der Waals surface area (Å²) in [7, 11) is 0. The molecule has 0 spiro atoms. The van der Waals surface area contributed by atoms with Crippen molar-refractivity contribution in [2.75, 3.05) is 13.2 Å². The number of allylic oxidation sites excluding steroid dienone is 5. The van der Waals surface area contributed by atoms with Crippen LogP contribution in [-0.2, 0) is 28.6 Å². The molecule has 0 heterocycles. The molecule has 5 aliphatic rings. The van der Waals surface area contributed by atoms with Crippen LogP contribution in [0, 0.1) is 50.2 Å². The maximum absolute atomic E-state index is 13.4. The van der Waals surface area contributed by atoms with Gasteiger partial charge in [0, 0.05) is 23.6 Å². The van der Waals surface area contributed by atoms with E-state index < -0.39 is 58.0 Å². The van der Waals surface area contributed by atoms with E-state index in [9.17, 15) is 29.7 Å². The van der Waals surface area contributed by atoms with Crippen LogP contribution in [0.3, 0.4) is 0 Å². The zero-order chi connectivity index (χ0) is 89.1. The minimum atomic E-state index is -1.29. The first-order chi connectivity index (χ1) is 49.3.